The summed E-state index contributed by atoms with van der Waals surface area (Å²) in [6, 6.07) is 18.3. The lowest BCUT2D eigenvalue weighted by Crippen LogP contribution is -2.48. The van der Waals surface area contributed by atoms with Gasteiger partial charge in [0.05, 0.1) is 4.90 Å². The quantitative estimate of drug-likeness (QED) is 0.486. The largest absolute Gasteiger partial charge is 0.334 e. The van der Waals surface area contributed by atoms with Crippen LogP contribution in [0.15, 0.2) is 78.0 Å². The third-order valence-corrected chi connectivity index (χ3v) is 8.40. The van der Waals surface area contributed by atoms with Crippen LogP contribution < -0.4 is 10.6 Å². The fourth-order valence-electron chi connectivity index (χ4n) is 4.22. The summed E-state index contributed by atoms with van der Waals surface area (Å²) in [6.07, 6.45) is 3.36. The summed E-state index contributed by atoms with van der Waals surface area (Å²) in [5.74, 6) is 0. The highest BCUT2D eigenvalue weighted by Gasteiger charge is 2.28. The number of carbonyl (C=O) groups is 1. The predicted molar refractivity (Wildman–Crippen MR) is 146 cm³/mol. The molecule has 8 nitrogen and oxygen atoms in total. The van der Waals surface area contributed by atoms with Crippen molar-refractivity contribution >= 4 is 21.7 Å². The Kier molecular flexibility index (Phi) is 8.26. The minimum atomic E-state index is -3.60. The van der Waals surface area contributed by atoms with Crippen LogP contribution in [0.4, 0.5) is 10.5 Å². The molecule has 0 bridgehead atoms. The summed E-state index contributed by atoms with van der Waals surface area (Å²) in [6.45, 7) is 10.0. The molecule has 9 heteroatoms. The van der Waals surface area contributed by atoms with E-state index in [9.17, 15) is 13.2 Å². The molecule has 37 heavy (non-hydrogen) atoms. The van der Waals surface area contributed by atoms with Crippen molar-refractivity contribution < 1.29 is 13.2 Å². The number of hydrogen-bond acceptors (Lipinski definition) is 5. The number of anilines is 1. The minimum Gasteiger partial charge on any atom is -0.334 e. The van der Waals surface area contributed by atoms with Crippen molar-refractivity contribution in [1.29, 1.82) is 0 Å². The van der Waals surface area contributed by atoms with E-state index in [1.165, 1.54) is 27.6 Å². The molecule has 3 aromatic rings. The van der Waals surface area contributed by atoms with E-state index in [2.05, 4.69) is 65.6 Å². The monoisotopic (exact) mass is 521 g/mol. The Morgan fingerprint density at radius 1 is 0.919 bits per heavy atom. The van der Waals surface area contributed by atoms with E-state index in [0.29, 0.717) is 38.4 Å². The van der Waals surface area contributed by atoms with Crippen LogP contribution in [0.25, 0.3) is 0 Å². The molecule has 0 atom stereocenters. The number of benzene rings is 2. The van der Waals surface area contributed by atoms with Gasteiger partial charge in [0.2, 0.25) is 10.0 Å². The van der Waals surface area contributed by atoms with E-state index in [1.807, 2.05) is 6.07 Å². The minimum absolute atomic E-state index is 0.124. The first-order valence-corrected chi connectivity index (χ1v) is 13.9. The van der Waals surface area contributed by atoms with Crippen LogP contribution in [0.1, 0.15) is 37.5 Å². The summed E-state index contributed by atoms with van der Waals surface area (Å²) in [5, 5.41) is 5.48. The molecule has 0 aliphatic carbocycles. The van der Waals surface area contributed by atoms with Crippen molar-refractivity contribution in [1.82, 2.24) is 19.5 Å². The number of nitrogens with zero attached hydrogens (tertiary/aromatic N) is 3. The van der Waals surface area contributed by atoms with Crippen LogP contribution in [0.3, 0.4) is 0 Å². The highest BCUT2D eigenvalue weighted by Crippen LogP contribution is 2.24. The molecule has 0 radical (unpaired) electrons. The van der Waals surface area contributed by atoms with Gasteiger partial charge in [0.1, 0.15) is 0 Å². The van der Waals surface area contributed by atoms with Crippen LogP contribution in [-0.4, -0.2) is 54.8 Å². The SMILES string of the molecule is CC(C)(C)c1ccc(CN2CCN(S(=O)(=O)c3ccc(NC(=O)NCc4cccnc4)cc3)CC2)cc1. The molecule has 1 aliphatic rings. The first-order valence-electron chi connectivity index (χ1n) is 12.5. The van der Waals surface area contributed by atoms with Crippen LogP contribution in [0, 0.1) is 0 Å². The second kappa shape index (κ2) is 11.4. The number of hydrogen-bond donors (Lipinski definition) is 2. The molecule has 2 aromatic carbocycles. The molecule has 1 fully saturated rings. The molecule has 0 spiro atoms. The fourth-order valence-corrected chi connectivity index (χ4v) is 5.64. The number of piperazine rings is 1. The van der Waals surface area contributed by atoms with Crippen LogP contribution in [0.5, 0.6) is 0 Å². The van der Waals surface area contributed by atoms with Crippen molar-refractivity contribution in [2.45, 2.75) is 44.2 Å². The Bertz CT molecular complexity index is 1280. The summed E-state index contributed by atoms with van der Waals surface area (Å²) in [7, 11) is -3.60. The molecular formula is C28H35N5O3S. The molecule has 4 rings (SSSR count). The number of urea groups is 1. The fraction of sp³-hybridized carbons (Fsp3) is 0.357. The Morgan fingerprint density at radius 3 is 2.19 bits per heavy atom. The Balaban J connectivity index is 1.27. The molecule has 1 saturated heterocycles. The van der Waals surface area contributed by atoms with Crippen molar-refractivity contribution in [3.8, 4) is 0 Å². The standard InChI is InChI=1S/C28H35N5O3S/c1-28(2,3)24-8-6-22(7-9-24)21-32-15-17-33(18-16-32)37(35,36)26-12-10-25(11-13-26)31-27(34)30-20-23-5-4-14-29-19-23/h4-14,19H,15-18,20-21H2,1-3H3,(H2,30,31,34). The molecule has 1 aromatic heterocycles. The van der Waals surface area contributed by atoms with E-state index in [4.69, 9.17) is 0 Å². The maximum Gasteiger partial charge on any atom is 0.319 e. The van der Waals surface area contributed by atoms with Crippen molar-refractivity contribution in [3.05, 3.63) is 89.7 Å². The molecule has 2 N–H and O–H groups in total. The van der Waals surface area contributed by atoms with Gasteiger partial charge in [0, 0.05) is 57.3 Å². The van der Waals surface area contributed by atoms with Gasteiger partial charge in [-0.1, -0.05) is 51.1 Å². The molecule has 196 valence electrons. The highest BCUT2D eigenvalue weighted by atomic mass is 32.2. The predicted octanol–water partition coefficient (Wildman–Crippen LogP) is 4.21. The number of amides is 2. The zero-order chi connectivity index (χ0) is 26.5. The number of rotatable bonds is 7. The third-order valence-electron chi connectivity index (χ3n) is 6.48. The summed E-state index contributed by atoms with van der Waals surface area (Å²) >= 11 is 0. The first-order chi connectivity index (χ1) is 17.6. The lowest BCUT2D eigenvalue weighted by atomic mass is 9.87. The normalized spacial score (nSPS) is 15.3. The number of aromatic nitrogens is 1. The molecule has 0 unspecified atom stereocenters. The van der Waals surface area contributed by atoms with E-state index >= 15 is 0 Å². The number of pyridine rings is 1. The Labute approximate surface area is 219 Å². The molecular weight excluding hydrogens is 486 g/mol. The maximum absolute atomic E-state index is 13.2. The smallest absolute Gasteiger partial charge is 0.319 e. The van der Waals surface area contributed by atoms with Gasteiger partial charge < -0.3 is 10.6 Å². The first kappa shape index (κ1) is 26.8. The second-order valence-electron chi connectivity index (χ2n) is 10.3. The molecule has 0 saturated carbocycles. The van der Waals surface area contributed by atoms with Crippen molar-refractivity contribution in [2.75, 3.05) is 31.5 Å². The van der Waals surface area contributed by atoms with Gasteiger partial charge in [-0.25, -0.2) is 13.2 Å². The van der Waals surface area contributed by atoms with Crippen molar-refractivity contribution in [3.63, 3.8) is 0 Å². The molecule has 1 aliphatic heterocycles. The third kappa shape index (κ3) is 7.15. The zero-order valence-electron chi connectivity index (χ0n) is 21.6. The Morgan fingerprint density at radius 2 is 1.59 bits per heavy atom. The zero-order valence-corrected chi connectivity index (χ0v) is 22.5. The van der Waals surface area contributed by atoms with Gasteiger partial charge in [-0.2, -0.15) is 4.31 Å². The van der Waals surface area contributed by atoms with Crippen LogP contribution >= 0.6 is 0 Å². The highest BCUT2D eigenvalue weighted by molar-refractivity contribution is 7.89. The number of carbonyl (C=O) groups excluding carboxylic acids is 1. The van der Waals surface area contributed by atoms with Gasteiger partial charge in [-0.05, 0) is 52.4 Å². The van der Waals surface area contributed by atoms with Gasteiger partial charge in [0.25, 0.3) is 0 Å². The van der Waals surface area contributed by atoms with Gasteiger partial charge >= 0.3 is 6.03 Å². The summed E-state index contributed by atoms with van der Waals surface area (Å²) < 4.78 is 27.9. The second-order valence-corrected chi connectivity index (χ2v) is 12.3. The lowest BCUT2D eigenvalue weighted by molar-refractivity contribution is 0.181. The van der Waals surface area contributed by atoms with Crippen LogP contribution in [-0.2, 0) is 28.5 Å². The average Bonchev–Trinajstić information content (AvgIpc) is 2.88. The summed E-state index contributed by atoms with van der Waals surface area (Å²) in [4.78, 5) is 18.7. The maximum atomic E-state index is 13.2. The van der Waals surface area contributed by atoms with E-state index in [-0.39, 0.29) is 16.3 Å². The van der Waals surface area contributed by atoms with Crippen LogP contribution in [0.2, 0.25) is 0 Å². The van der Waals surface area contributed by atoms with Crippen molar-refractivity contribution in [2.24, 2.45) is 0 Å². The number of nitrogens with one attached hydrogen (secondary N) is 2. The summed E-state index contributed by atoms with van der Waals surface area (Å²) in [5.41, 5.74) is 4.07. The molecule has 2 heterocycles. The lowest BCUT2D eigenvalue weighted by Gasteiger charge is -2.34. The van der Waals surface area contributed by atoms with Gasteiger partial charge in [0.15, 0.2) is 0 Å². The average molecular weight is 522 g/mol. The topological polar surface area (TPSA) is 94.6 Å². The van der Waals surface area contributed by atoms with Gasteiger partial charge in [-0.3, -0.25) is 9.88 Å². The molecule has 2 amide bonds. The van der Waals surface area contributed by atoms with E-state index < -0.39 is 10.0 Å². The number of sulfonamides is 1. The van der Waals surface area contributed by atoms with Gasteiger partial charge in [-0.15, -0.1) is 0 Å². The Hall–Kier alpha value is -3.27. The van der Waals surface area contributed by atoms with E-state index in [1.54, 1.807) is 30.6 Å². The van der Waals surface area contributed by atoms with E-state index in [0.717, 1.165) is 12.1 Å².